The van der Waals surface area contributed by atoms with Crippen molar-refractivity contribution in [2.45, 2.75) is 45.6 Å². The molecule has 29 heavy (non-hydrogen) atoms. The maximum absolute atomic E-state index is 12.7. The van der Waals surface area contributed by atoms with Gasteiger partial charge in [-0.15, -0.1) is 0 Å². The molecular weight excluding hydrogens is 370 g/mol. The molecule has 2 aromatic rings. The summed E-state index contributed by atoms with van der Waals surface area (Å²) in [5.74, 6) is -0.595. The van der Waals surface area contributed by atoms with E-state index in [2.05, 4.69) is 26.1 Å². The first-order chi connectivity index (χ1) is 13.7. The molecule has 0 fully saturated rings. The average molecular weight is 398 g/mol. The van der Waals surface area contributed by atoms with Crippen molar-refractivity contribution < 1.29 is 24.2 Å². The van der Waals surface area contributed by atoms with Crippen LogP contribution in [0, 0.1) is 0 Å². The van der Waals surface area contributed by atoms with Crippen LogP contribution in [-0.4, -0.2) is 25.6 Å². The lowest BCUT2D eigenvalue weighted by Crippen LogP contribution is -2.34. The number of methoxy groups -OCH3 is 1. The molecule has 0 aliphatic carbocycles. The largest absolute Gasteiger partial charge is 0.550 e. The first-order valence-electron chi connectivity index (χ1n) is 9.57. The Morgan fingerprint density at radius 2 is 1.72 bits per heavy atom. The number of carboxylic acids is 1. The molecule has 1 N–H and O–H groups in total. The fraction of sp³-hybridized carbons (Fsp3) is 0.391. The Kier molecular flexibility index (Phi) is 7.26. The zero-order chi connectivity index (χ0) is 21.6. The van der Waals surface area contributed by atoms with E-state index in [9.17, 15) is 14.7 Å². The van der Waals surface area contributed by atoms with E-state index in [1.165, 1.54) is 7.11 Å². The molecule has 1 amide bonds. The van der Waals surface area contributed by atoms with Gasteiger partial charge < -0.3 is 24.7 Å². The number of hydrogen-bond acceptors (Lipinski definition) is 5. The van der Waals surface area contributed by atoms with Crippen molar-refractivity contribution in [2.24, 2.45) is 0 Å². The summed E-state index contributed by atoms with van der Waals surface area (Å²) in [5, 5.41) is 14.0. The van der Waals surface area contributed by atoms with Crippen molar-refractivity contribution in [2.75, 3.05) is 13.7 Å². The number of carbonyl (C=O) groups is 2. The third kappa shape index (κ3) is 5.98. The van der Waals surface area contributed by atoms with Crippen LogP contribution < -0.4 is 19.9 Å². The summed E-state index contributed by atoms with van der Waals surface area (Å²) in [7, 11) is 1.50. The van der Waals surface area contributed by atoms with Gasteiger partial charge in [0.2, 0.25) is 0 Å². The molecule has 156 valence electrons. The number of carboxylic acid groups (broad SMARTS) is 1. The fourth-order valence-corrected chi connectivity index (χ4v) is 2.96. The van der Waals surface area contributed by atoms with Crippen molar-refractivity contribution in [1.82, 2.24) is 5.32 Å². The predicted molar refractivity (Wildman–Crippen MR) is 109 cm³/mol. The number of nitrogens with one attached hydrogen (secondary N) is 1. The van der Waals surface area contributed by atoms with Gasteiger partial charge >= 0.3 is 0 Å². The Labute approximate surface area is 171 Å². The lowest BCUT2D eigenvalue weighted by atomic mass is 9.86. The Morgan fingerprint density at radius 3 is 2.24 bits per heavy atom. The maximum Gasteiger partial charge on any atom is 0.251 e. The van der Waals surface area contributed by atoms with Crippen molar-refractivity contribution in [3.05, 3.63) is 59.2 Å². The molecule has 0 saturated carbocycles. The van der Waals surface area contributed by atoms with E-state index in [1.54, 1.807) is 30.3 Å². The van der Waals surface area contributed by atoms with Gasteiger partial charge in [0.05, 0.1) is 19.8 Å². The van der Waals surface area contributed by atoms with Crippen LogP contribution in [0.1, 0.15) is 61.6 Å². The highest BCUT2D eigenvalue weighted by Gasteiger charge is 2.19. The van der Waals surface area contributed by atoms with Crippen molar-refractivity contribution >= 4 is 11.9 Å². The first kappa shape index (κ1) is 22.3. The van der Waals surface area contributed by atoms with Crippen LogP contribution in [0.2, 0.25) is 0 Å². The second-order valence-corrected chi connectivity index (χ2v) is 7.77. The summed E-state index contributed by atoms with van der Waals surface area (Å²) < 4.78 is 10.8. The van der Waals surface area contributed by atoms with Gasteiger partial charge in [-0.1, -0.05) is 39.0 Å². The Balaban J connectivity index is 2.26. The van der Waals surface area contributed by atoms with E-state index < -0.39 is 12.0 Å². The zero-order valence-corrected chi connectivity index (χ0v) is 17.6. The number of amides is 1. The number of ether oxygens (including phenoxy) is 2. The molecule has 0 spiro atoms. The van der Waals surface area contributed by atoms with Crippen LogP contribution in [0.3, 0.4) is 0 Å². The quantitative estimate of drug-likeness (QED) is 0.739. The number of benzene rings is 2. The van der Waals surface area contributed by atoms with Crippen molar-refractivity contribution in [3.8, 4) is 11.5 Å². The van der Waals surface area contributed by atoms with Gasteiger partial charge in [-0.25, -0.2) is 0 Å². The van der Waals surface area contributed by atoms with Crippen LogP contribution in [0.5, 0.6) is 11.5 Å². The number of carbonyl (C=O) groups excluding carboxylic acids is 2. The molecular formula is C23H28NO5-. The number of hydrogen-bond donors (Lipinski definition) is 1. The summed E-state index contributed by atoms with van der Waals surface area (Å²) in [6.45, 7) is 8.61. The van der Waals surface area contributed by atoms with Gasteiger partial charge in [0.1, 0.15) is 0 Å². The molecule has 0 radical (unpaired) electrons. The van der Waals surface area contributed by atoms with E-state index in [1.807, 2.05) is 19.1 Å². The molecule has 0 aliphatic rings. The topological polar surface area (TPSA) is 87.7 Å². The lowest BCUT2D eigenvalue weighted by molar-refractivity contribution is -0.306. The van der Waals surface area contributed by atoms with Gasteiger partial charge in [-0.05, 0) is 47.7 Å². The lowest BCUT2D eigenvalue weighted by Gasteiger charge is -2.22. The second-order valence-electron chi connectivity index (χ2n) is 7.77. The van der Waals surface area contributed by atoms with Crippen LogP contribution >= 0.6 is 0 Å². The highest BCUT2D eigenvalue weighted by atomic mass is 16.5. The molecule has 6 nitrogen and oxygen atoms in total. The third-order valence-corrected chi connectivity index (χ3v) is 4.58. The Hall–Kier alpha value is -3.02. The molecule has 0 aromatic heterocycles. The highest BCUT2D eigenvalue weighted by molar-refractivity contribution is 5.94. The van der Waals surface area contributed by atoms with E-state index >= 15 is 0 Å². The summed E-state index contributed by atoms with van der Waals surface area (Å²) in [6.07, 6.45) is -0.358. The minimum absolute atomic E-state index is 0.0224. The first-order valence-corrected chi connectivity index (χ1v) is 9.57. The minimum atomic E-state index is -1.26. The van der Waals surface area contributed by atoms with Gasteiger partial charge in [-0.2, -0.15) is 0 Å². The highest BCUT2D eigenvalue weighted by Crippen LogP contribution is 2.31. The van der Waals surface area contributed by atoms with E-state index in [0.29, 0.717) is 29.2 Å². The molecule has 6 heteroatoms. The zero-order valence-electron chi connectivity index (χ0n) is 17.6. The normalized spacial score (nSPS) is 12.2. The molecule has 2 rings (SSSR count). The molecule has 0 unspecified atom stereocenters. The molecule has 1 atom stereocenters. The molecule has 0 heterocycles. The predicted octanol–water partition coefficient (Wildman–Crippen LogP) is 3.00. The van der Waals surface area contributed by atoms with Crippen LogP contribution in [-0.2, 0) is 10.2 Å². The third-order valence-electron chi connectivity index (χ3n) is 4.58. The van der Waals surface area contributed by atoms with Gasteiger partial charge in [0.15, 0.2) is 11.5 Å². The smallest absolute Gasteiger partial charge is 0.251 e. The molecule has 2 aromatic carbocycles. The van der Waals surface area contributed by atoms with E-state index in [-0.39, 0.29) is 17.7 Å². The van der Waals surface area contributed by atoms with Crippen molar-refractivity contribution in [3.63, 3.8) is 0 Å². The van der Waals surface area contributed by atoms with Crippen LogP contribution in [0.25, 0.3) is 0 Å². The summed E-state index contributed by atoms with van der Waals surface area (Å²) >= 11 is 0. The summed E-state index contributed by atoms with van der Waals surface area (Å²) in [6, 6.07) is 11.6. The standard InChI is InChI=1S/C23H29NO5/c1-6-29-19-12-9-16(13-20(19)28-5)18(14-21(25)26)24-22(27)15-7-10-17(11-8-15)23(2,3)4/h7-13,18H,6,14H2,1-5H3,(H,24,27)(H,25,26)/p-1/t18-/m0/s1. The molecule has 0 bridgehead atoms. The molecule has 0 saturated heterocycles. The van der Waals surface area contributed by atoms with Gasteiger partial charge in [0.25, 0.3) is 5.91 Å². The summed E-state index contributed by atoms with van der Waals surface area (Å²) in [5.41, 5.74) is 2.13. The Morgan fingerprint density at radius 1 is 1.07 bits per heavy atom. The van der Waals surface area contributed by atoms with Crippen LogP contribution in [0.4, 0.5) is 0 Å². The minimum Gasteiger partial charge on any atom is -0.550 e. The second kappa shape index (κ2) is 9.45. The summed E-state index contributed by atoms with van der Waals surface area (Å²) in [4.78, 5) is 24.0. The van der Waals surface area contributed by atoms with E-state index in [4.69, 9.17) is 9.47 Å². The van der Waals surface area contributed by atoms with Crippen molar-refractivity contribution in [1.29, 1.82) is 0 Å². The SMILES string of the molecule is CCOc1ccc([C@H](CC(=O)[O-])NC(=O)c2ccc(C(C)(C)C)cc2)cc1OC. The van der Waals surface area contributed by atoms with E-state index in [0.717, 1.165) is 5.56 Å². The molecule has 0 aliphatic heterocycles. The van der Waals surface area contributed by atoms with Gasteiger partial charge in [0, 0.05) is 18.0 Å². The monoisotopic (exact) mass is 398 g/mol. The fourth-order valence-electron chi connectivity index (χ4n) is 2.96. The maximum atomic E-state index is 12.7. The number of aliphatic carboxylic acids is 1. The van der Waals surface area contributed by atoms with Crippen LogP contribution in [0.15, 0.2) is 42.5 Å². The Bertz CT molecular complexity index is 853. The van der Waals surface area contributed by atoms with Gasteiger partial charge in [-0.3, -0.25) is 4.79 Å². The number of rotatable bonds is 8. The average Bonchev–Trinajstić information content (AvgIpc) is 2.67.